The summed E-state index contributed by atoms with van der Waals surface area (Å²) in [5.74, 6) is 0.181. The maximum atomic E-state index is 11.9. The Labute approximate surface area is 134 Å². The Kier molecular flexibility index (Phi) is 3.78. The van der Waals surface area contributed by atoms with Crippen LogP contribution in [0.2, 0.25) is 19.6 Å². The summed E-state index contributed by atoms with van der Waals surface area (Å²) in [6.07, 6.45) is 10.1. The van der Waals surface area contributed by atoms with Gasteiger partial charge in [0.05, 0.1) is 11.2 Å². The Balaban J connectivity index is 2.09. The van der Waals surface area contributed by atoms with Gasteiger partial charge in [-0.15, -0.1) is 0 Å². The van der Waals surface area contributed by atoms with Gasteiger partial charge in [0.25, 0.3) is 0 Å². The fourth-order valence-electron chi connectivity index (χ4n) is 4.88. The molecule has 0 amide bonds. The maximum absolute atomic E-state index is 11.9. The minimum Gasteiger partial charge on any atom is -0.411 e. The average Bonchev–Trinajstić information content (AvgIpc) is 2.72. The molecule has 0 bridgehead atoms. The van der Waals surface area contributed by atoms with Gasteiger partial charge < -0.3 is 9.53 Å². The van der Waals surface area contributed by atoms with Crippen molar-refractivity contribution in [1.29, 1.82) is 0 Å². The molecule has 0 aromatic heterocycles. The van der Waals surface area contributed by atoms with Gasteiger partial charge in [-0.3, -0.25) is 4.79 Å². The summed E-state index contributed by atoms with van der Waals surface area (Å²) in [6.45, 7) is 8.68. The van der Waals surface area contributed by atoms with Gasteiger partial charge in [-0.1, -0.05) is 25.5 Å². The normalized spacial score (nSPS) is 41.7. The molecule has 0 saturated heterocycles. The average molecular weight is 321 g/mol. The molecule has 1 N–H and O–H groups in total. The summed E-state index contributed by atoms with van der Waals surface area (Å²) in [5.41, 5.74) is -0.360. The van der Waals surface area contributed by atoms with Gasteiger partial charge in [-0.25, -0.2) is 0 Å². The van der Waals surface area contributed by atoms with Crippen LogP contribution in [0.15, 0.2) is 23.8 Å². The number of hydrogen-bond acceptors (Lipinski definition) is 3. The molecule has 1 fully saturated rings. The molecule has 122 valence electrons. The number of ketones is 1. The largest absolute Gasteiger partial charge is 0.411 e. The van der Waals surface area contributed by atoms with Crippen molar-refractivity contribution in [3.63, 3.8) is 0 Å². The van der Waals surface area contributed by atoms with Crippen LogP contribution in [0.3, 0.4) is 0 Å². The molecule has 3 aliphatic carbocycles. The first-order chi connectivity index (χ1) is 10.2. The second kappa shape index (κ2) is 5.15. The van der Waals surface area contributed by atoms with Gasteiger partial charge in [0, 0.05) is 12.3 Å². The fourth-order valence-corrected chi connectivity index (χ4v) is 6.43. The SMILES string of the molecule is C[C@@H]1CC(=O)C=C2C=CC[C@]3(O[Si](C)(C)C)CCC[C@H]3[C@]21O. The van der Waals surface area contributed by atoms with E-state index in [1.165, 1.54) is 0 Å². The molecule has 0 heterocycles. The predicted octanol–water partition coefficient (Wildman–Crippen LogP) is 3.60. The van der Waals surface area contributed by atoms with Crippen molar-refractivity contribution in [2.24, 2.45) is 11.8 Å². The third-order valence-corrected chi connectivity index (χ3v) is 6.59. The second-order valence-electron chi connectivity index (χ2n) is 8.33. The van der Waals surface area contributed by atoms with E-state index in [9.17, 15) is 9.90 Å². The Morgan fingerprint density at radius 2 is 2.09 bits per heavy atom. The van der Waals surface area contributed by atoms with Gasteiger partial charge in [0.2, 0.25) is 0 Å². The molecule has 0 radical (unpaired) electrons. The van der Waals surface area contributed by atoms with E-state index in [2.05, 4.69) is 25.7 Å². The predicted molar refractivity (Wildman–Crippen MR) is 90.1 cm³/mol. The highest BCUT2D eigenvalue weighted by Crippen LogP contribution is 2.55. The zero-order valence-corrected chi connectivity index (χ0v) is 15.2. The van der Waals surface area contributed by atoms with Crippen molar-refractivity contribution in [2.45, 2.75) is 69.9 Å². The van der Waals surface area contributed by atoms with Crippen molar-refractivity contribution in [3.05, 3.63) is 23.8 Å². The minimum absolute atomic E-state index is 0.0459. The van der Waals surface area contributed by atoms with Gasteiger partial charge in [0.1, 0.15) is 0 Å². The smallest absolute Gasteiger partial charge is 0.184 e. The van der Waals surface area contributed by atoms with Crippen molar-refractivity contribution in [2.75, 3.05) is 0 Å². The lowest BCUT2D eigenvalue weighted by molar-refractivity contribution is -0.128. The molecule has 3 rings (SSSR count). The van der Waals surface area contributed by atoms with Gasteiger partial charge in [-0.2, -0.15) is 0 Å². The summed E-state index contributed by atoms with van der Waals surface area (Å²) in [6, 6.07) is 0. The number of aliphatic hydroxyl groups is 1. The first kappa shape index (κ1) is 16.2. The Morgan fingerprint density at radius 1 is 1.36 bits per heavy atom. The van der Waals surface area contributed by atoms with E-state index in [0.29, 0.717) is 6.42 Å². The fraction of sp³-hybridized carbons (Fsp3) is 0.722. The van der Waals surface area contributed by atoms with Crippen LogP contribution in [-0.4, -0.2) is 30.4 Å². The molecule has 1 saturated carbocycles. The van der Waals surface area contributed by atoms with E-state index >= 15 is 0 Å². The van der Waals surface area contributed by atoms with Crippen molar-refractivity contribution < 1.29 is 14.3 Å². The number of allylic oxidation sites excluding steroid dienone is 1. The molecular formula is C18H28O3Si. The molecule has 3 aliphatic rings. The van der Waals surface area contributed by atoms with Crippen LogP contribution in [0, 0.1) is 11.8 Å². The van der Waals surface area contributed by atoms with Gasteiger partial charge in [-0.05, 0) is 56.5 Å². The monoisotopic (exact) mass is 320 g/mol. The summed E-state index contributed by atoms with van der Waals surface area (Å²) in [4.78, 5) is 11.9. The van der Waals surface area contributed by atoms with E-state index in [1.54, 1.807) is 6.08 Å². The summed E-state index contributed by atoms with van der Waals surface area (Å²) in [5, 5.41) is 11.7. The Morgan fingerprint density at radius 3 is 2.77 bits per heavy atom. The molecule has 0 aliphatic heterocycles. The zero-order valence-electron chi connectivity index (χ0n) is 14.2. The second-order valence-corrected chi connectivity index (χ2v) is 12.8. The van der Waals surface area contributed by atoms with E-state index in [0.717, 1.165) is 31.3 Å². The number of fused-ring (bicyclic) bond motifs is 3. The van der Waals surface area contributed by atoms with Crippen molar-refractivity contribution in [3.8, 4) is 0 Å². The van der Waals surface area contributed by atoms with E-state index in [1.807, 2.05) is 13.0 Å². The van der Waals surface area contributed by atoms with Gasteiger partial charge in [0.15, 0.2) is 14.1 Å². The highest BCUT2D eigenvalue weighted by molar-refractivity contribution is 6.69. The van der Waals surface area contributed by atoms with Crippen LogP contribution in [0.5, 0.6) is 0 Å². The number of hydrogen-bond donors (Lipinski definition) is 1. The standard InChI is InChI=1S/C18H28O3Si/c1-13-11-15(19)12-14-7-5-9-17(21-22(2,3)4)10-6-8-16(17)18(13,14)20/h5,7,12-13,16,20H,6,8-11H2,1-4H3/t13-,16-,17+,18-/m1/s1. The molecule has 4 atom stereocenters. The first-order valence-electron chi connectivity index (χ1n) is 8.51. The third-order valence-electron chi connectivity index (χ3n) is 5.57. The lowest BCUT2D eigenvalue weighted by Gasteiger charge is -2.49. The highest BCUT2D eigenvalue weighted by Gasteiger charge is 2.59. The first-order valence-corrected chi connectivity index (χ1v) is 11.9. The van der Waals surface area contributed by atoms with E-state index in [4.69, 9.17) is 4.43 Å². The van der Waals surface area contributed by atoms with Crippen molar-refractivity contribution >= 4 is 14.1 Å². The molecular weight excluding hydrogens is 292 g/mol. The number of carbonyl (C=O) groups excluding carboxylic acids is 1. The van der Waals surface area contributed by atoms with Crippen LogP contribution < -0.4 is 0 Å². The lowest BCUT2D eigenvalue weighted by atomic mass is 9.64. The van der Waals surface area contributed by atoms with E-state index in [-0.39, 0.29) is 23.2 Å². The van der Waals surface area contributed by atoms with Crippen LogP contribution in [0.1, 0.15) is 39.0 Å². The van der Waals surface area contributed by atoms with Crippen LogP contribution in [0.25, 0.3) is 0 Å². The number of carbonyl (C=O) groups is 1. The van der Waals surface area contributed by atoms with Crippen molar-refractivity contribution in [1.82, 2.24) is 0 Å². The highest BCUT2D eigenvalue weighted by atomic mass is 28.4. The summed E-state index contributed by atoms with van der Waals surface area (Å²) in [7, 11) is -1.72. The van der Waals surface area contributed by atoms with Crippen LogP contribution in [0.4, 0.5) is 0 Å². The minimum atomic E-state index is -1.72. The summed E-state index contributed by atoms with van der Waals surface area (Å²) >= 11 is 0. The molecule has 0 unspecified atom stereocenters. The van der Waals surface area contributed by atoms with E-state index < -0.39 is 13.9 Å². The Hall–Kier alpha value is -0.713. The maximum Gasteiger partial charge on any atom is 0.184 e. The molecule has 4 heteroatoms. The molecule has 0 aromatic rings. The topological polar surface area (TPSA) is 46.5 Å². The van der Waals surface area contributed by atoms with Gasteiger partial charge >= 0.3 is 0 Å². The molecule has 22 heavy (non-hydrogen) atoms. The summed E-state index contributed by atoms with van der Waals surface area (Å²) < 4.78 is 6.68. The Bertz CT molecular complexity index is 545. The number of rotatable bonds is 2. The van der Waals surface area contributed by atoms with Crippen LogP contribution >= 0.6 is 0 Å². The third kappa shape index (κ3) is 2.45. The lowest BCUT2D eigenvalue weighted by Crippen LogP contribution is -2.57. The quantitative estimate of drug-likeness (QED) is 0.791. The van der Waals surface area contributed by atoms with Crippen LogP contribution in [-0.2, 0) is 9.22 Å². The molecule has 0 aromatic carbocycles. The molecule has 3 nitrogen and oxygen atoms in total. The molecule has 0 spiro atoms. The zero-order chi connectivity index (χ0) is 16.2.